The van der Waals surface area contributed by atoms with Gasteiger partial charge in [-0.15, -0.1) is 11.8 Å². The van der Waals surface area contributed by atoms with Crippen LogP contribution >= 0.6 is 23.4 Å². The van der Waals surface area contributed by atoms with Crippen LogP contribution in [0.1, 0.15) is 33.6 Å². The fourth-order valence-corrected chi connectivity index (χ4v) is 3.39. The number of halogens is 1. The summed E-state index contributed by atoms with van der Waals surface area (Å²) in [6.07, 6.45) is 3.22. The fourth-order valence-electron chi connectivity index (χ4n) is 2.15. The van der Waals surface area contributed by atoms with Crippen LogP contribution in [0, 0.1) is 0 Å². The van der Waals surface area contributed by atoms with E-state index in [2.05, 4.69) is 9.97 Å². The van der Waals surface area contributed by atoms with Crippen molar-refractivity contribution in [2.45, 2.75) is 50.3 Å². The molecular formula is C14H20ClN3O2S. The first-order chi connectivity index (χ1) is 9.85. The van der Waals surface area contributed by atoms with E-state index in [1.165, 1.54) is 6.33 Å². The molecule has 1 aliphatic rings. The predicted octanol–water partition coefficient (Wildman–Crippen LogP) is 3.62. The zero-order valence-corrected chi connectivity index (χ0v) is 14.1. The van der Waals surface area contributed by atoms with E-state index in [4.69, 9.17) is 16.3 Å². The highest BCUT2D eigenvalue weighted by Crippen LogP contribution is 2.26. The Bertz CT molecular complexity index is 507. The molecule has 1 atom stereocenters. The standard InChI is InChI=1S/C14H20ClN3O2S/c1-14(2,3)20-13(19)18-6-4-5-10(18)8-21-12-7-11(15)16-9-17-12/h7,9-10H,4-6,8H2,1-3H3/t10-/m0/s1. The van der Waals surface area contributed by atoms with E-state index < -0.39 is 5.60 Å². The summed E-state index contributed by atoms with van der Waals surface area (Å²) in [6, 6.07) is 1.91. The topological polar surface area (TPSA) is 55.3 Å². The maximum absolute atomic E-state index is 12.2. The van der Waals surface area contributed by atoms with Gasteiger partial charge in [0, 0.05) is 24.4 Å². The van der Waals surface area contributed by atoms with E-state index in [0.29, 0.717) is 5.15 Å². The molecule has 0 saturated carbocycles. The molecule has 1 aromatic rings. The third-order valence-corrected chi connectivity index (χ3v) is 4.31. The SMILES string of the molecule is CC(C)(C)OC(=O)N1CCC[C@H]1CSc1cc(Cl)ncn1. The minimum Gasteiger partial charge on any atom is -0.444 e. The monoisotopic (exact) mass is 329 g/mol. The Labute approximate surface area is 134 Å². The lowest BCUT2D eigenvalue weighted by Gasteiger charge is -2.28. The quantitative estimate of drug-likeness (QED) is 0.626. The summed E-state index contributed by atoms with van der Waals surface area (Å²) in [6.45, 7) is 6.40. The number of hydrogen-bond donors (Lipinski definition) is 0. The Morgan fingerprint density at radius 3 is 2.95 bits per heavy atom. The largest absolute Gasteiger partial charge is 0.444 e. The van der Waals surface area contributed by atoms with Crippen molar-refractivity contribution in [2.75, 3.05) is 12.3 Å². The second-order valence-corrected chi connectivity index (χ2v) is 7.39. The van der Waals surface area contributed by atoms with Crippen molar-refractivity contribution in [1.82, 2.24) is 14.9 Å². The summed E-state index contributed by atoms with van der Waals surface area (Å²) in [5.74, 6) is 0.784. The summed E-state index contributed by atoms with van der Waals surface area (Å²) in [5.41, 5.74) is -0.461. The molecule has 2 heterocycles. The number of hydrogen-bond acceptors (Lipinski definition) is 5. The number of carbonyl (C=O) groups excluding carboxylic acids is 1. The van der Waals surface area contributed by atoms with Crippen molar-refractivity contribution >= 4 is 29.5 Å². The van der Waals surface area contributed by atoms with Crippen LogP contribution in [-0.4, -0.2) is 44.9 Å². The maximum atomic E-state index is 12.2. The molecule has 0 spiro atoms. The van der Waals surface area contributed by atoms with Gasteiger partial charge >= 0.3 is 6.09 Å². The van der Waals surface area contributed by atoms with Crippen molar-refractivity contribution < 1.29 is 9.53 Å². The lowest BCUT2D eigenvalue weighted by atomic mass is 10.2. The van der Waals surface area contributed by atoms with E-state index in [1.807, 2.05) is 25.7 Å². The van der Waals surface area contributed by atoms with Crippen LogP contribution in [0.4, 0.5) is 4.79 Å². The van der Waals surface area contributed by atoms with Gasteiger partial charge in [-0.1, -0.05) is 11.6 Å². The summed E-state index contributed by atoms with van der Waals surface area (Å²) in [4.78, 5) is 22.0. The third kappa shape index (κ3) is 5.04. The van der Waals surface area contributed by atoms with Crippen LogP contribution < -0.4 is 0 Å². The van der Waals surface area contributed by atoms with E-state index in [9.17, 15) is 4.79 Å². The van der Waals surface area contributed by atoms with Crippen LogP contribution in [0.3, 0.4) is 0 Å². The molecule has 2 rings (SSSR count). The molecule has 1 amide bonds. The normalized spacial score (nSPS) is 18.9. The number of thioether (sulfide) groups is 1. The zero-order valence-electron chi connectivity index (χ0n) is 12.5. The molecule has 0 aromatic carbocycles. The molecule has 1 aromatic heterocycles. The number of aromatic nitrogens is 2. The first-order valence-electron chi connectivity index (χ1n) is 6.95. The zero-order chi connectivity index (χ0) is 15.5. The molecule has 0 N–H and O–H groups in total. The summed E-state index contributed by atoms with van der Waals surface area (Å²) in [5, 5.41) is 1.26. The molecule has 1 saturated heterocycles. The fraction of sp³-hybridized carbons (Fsp3) is 0.643. The van der Waals surface area contributed by atoms with Gasteiger partial charge < -0.3 is 9.64 Å². The predicted molar refractivity (Wildman–Crippen MR) is 83.7 cm³/mol. The van der Waals surface area contributed by atoms with Gasteiger partial charge in [-0.05, 0) is 33.6 Å². The van der Waals surface area contributed by atoms with E-state index in [1.54, 1.807) is 17.8 Å². The highest BCUT2D eigenvalue weighted by Gasteiger charge is 2.32. The lowest BCUT2D eigenvalue weighted by Crippen LogP contribution is -2.40. The number of amides is 1. The van der Waals surface area contributed by atoms with Gasteiger partial charge in [0.2, 0.25) is 0 Å². The highest BCUT2D eigenvalue weighted by molar-refractivity contribution is 7.99. The summed E-state index contributed by atoms with van der Waals surface area (Å²) in [7, 11) is 0. The first kappa shape index (κ1) is 16.4. The molecule has 5 nitrogen and oxygen atoms in total. The molecule has 0 unspecified atom stereocenters. The second-order valence-electron chi connectivity index (χ2n) is 5.96. The molecular weight excluding hydrogens is 310 g/mol. The van der Waals surface area contributed by atoms with Crippen LogP contribution in [0.5, 0.6) is 0 Å². The van der Waals surface area contributed by atoms with Crippen molar-refractivity contribution in [3.63, 3.8) is 0 Å². The van der Waals surface area contributed by atoms with Gasteiger partial charge in [0.25, 0.3) is 0 Å². The lowest BCUT2D eigenvalue weighted by molar-refractivity contribution is 0.0242. The molecule has 0 aliphatic carbocycles. The first-order valence-corrected chi connectivity index (χ1v) is 8.31. The number of rotatable bonds is 3. The van der Waals surface area contributed by atoms with Crippen molar-refractivity contribution in [2.24, 2.45) is 0 Å². The van der Waals surface area contributed by atoms with Crippen LogP contribution in [0.15, 0.2) is 17.4 Å². The maximum Gasteiger partial charge on any atom is 0.410 e. The van der Waals surface area contributed by atoms with Crippen LogP contribution in [-0.2, 0) is 4.74 Å². The van der Waals surface area contributed by atoms with Crippen LogP contribution in [0.25, 0.3) is 0 Å². The second kappa shape index (κ2) is 6.83. The Balaban J connectivity index is 1.91. The van der Waals surface area contributed by atoms with Gasteiger partial charge in [0.1, 0.15) is 22.1 Å². The molecule has 1 fully saturated rings. The van der Waals surface area contributed by atoms with Gasteiger partial charge in [-0.2, -0.15) is 0 Å². The summed E-state index contributed by atoms with van der Waals surface area (Å²) >= 11 is 7.43. The minimum absolute atomic E-state index is 0.179. The van der Waals surface area contributed by atoms with Gasteiger partial charge in [0.05, 0.1) is 0 Å². The Morgan fingerprint density at radius 1 is 1.52 bits per heavy atom. The third-order valence-electron chi connectivity index (χ3n) is 3.04. The van der Waals surface area contributed by atoms with Gasteiger partial charge in [-0.25, -0.2) is 14.8 Å². The molecule has 1 aliphatic heterocycles. The smallest absolute Gasteiger partial charge is 0.410 e. The molecule has 21 heavy (non-hydrogen) atoms. The van der Waals surface area contributed by atoms with E-state index in [-0.39, 0.29) is 12.1 Å². The highest BCUT2D eigenvalue weighted by atomic mass is 35.5. The molecule has 116 valence electrons. The number of nitrogens with zero attached hydrogens (tertiary/aromatic N) is 3. The van der Waals surface area contributed by atoms with Crippen molar-refractivity contribution in [3.8, 4) is 0 Å². The van der Waals surface area contributed by atoms with E-state index in [0.717, 1.165) is 30.2 Å². The Hall–Kier alpha value is -1.01. The molecule has 0 bridgehead atoms. The number of carbonyl (C=O) groups is 1. The van der Waals surface area contributed by atoms with Crippen molar-refractivity contribution in [1.29, 1.82) is 0 Å². The van der Waals surface area contributed by atoms with Crippen molar-refractivity contribution in [3.05, 3.63) is 17.5 Å². The molecule has 7 heteroatoms. The average molecular weight is 330 g/mol. The van der Waals surface area contributed by atoms with Gasteiger partial charge in [0.15, 0.2) is 0 Å². The molecule has 0 radical (unpaired) electrons. The van der Waals surface area contributed by atoms with Gasteiger partial charge in [-0.3, -0.25) is 0 Å². The average Bonchev–Trinajstić information content (AvgIpc) is 2.83. The Morgan fingerprint density at radius 2 is 2.29 bits per heavy atom. The number of likely N-dealkylation sites (tertiary alicyclic amines) is 1. The minimum atomic E-state index is -0.461. The number of ether oxygens (including phenoxy) is 1. The van der Waals surface area contributed by atoms with E-state index >= 15 is 0 Å². The van der Waals surface area contributed by atoms with Crippen LogP contribution in [0.2, 0.25) is 5.15 Å². The summed E-state index contributed by atoms with van der Waals surface area (Å²) < 4.78 is 5.45. The Kier molecular flexibility index (Phi) is 5.32.